The van der Waals surface area contributed by atoms with Gasteiger partial charge in [-0.3, -0.25) is 0 Å². The van der Waals surface area contributed by atoms with E-state index in [9.17, 15) is 0 Å². The molecule has 1 aliphatic heterocycles. The highest BCUT2D eigenvalue weighted by molar-refractivity contribution is 5.85. The maximum atomic E-state index is 8.56. The molecule has 0 bridgehead atoms. The highest BCUT2D eigenvalue weighted by Crippen LogP contribution is 2.34. The Morgan fingerprint density at radius 3 is 3.12 bits per heavy atom. The van der Waals surface area contributed by atoms with E-state index in [1.807, 2.05) is 18.2 Å². The van der Waals surface area contributed by atoms with Gasteiger partial charge in [-0.05, 0) is 18.6 Å². The molecule has 5 nitrogen and oxygen atoms in total. The van der Waals surface area contributed by atoms with E-state index < -0.39 is 0 Å². The molecule has 1 aromatic rings. The summed E-state index contributed by atoms with van der Waals surface area (Å²) in [4.78, 5) is 2.08. The lowest BCUT2D eigenvalue weighted by atomic mass is 10.1. The molecule has 2 rings (SSSR count). The molecule has 0 amide bonds. The van der Waals surface area contributed by atoms with Gasteiger partial charge in [-0.1, -0.05) is 11.2 Å². The van der Waals surface area contributed by atoms with Crippen LogP contribution < -0.4 is 15.4 Å². The van der Waals surface area contributed by atoms with Crippen LogP contribution in [0.4, 0.5) is 5.69 Å². The molecular weight excluding hydrogens is 206 g/mol. The normalized spacial score (nSPS) is 15.1. The predicted molar refractivity (Wildman–Crippen MR) is 62.3 cm³/mol. The van der Waals surface area contributed by atoms with Crippen LogP contribution in [0.2, 0.25) is 0 Å². The number of anilines is 1. The first-order chi connectivity index (χ1) is 7.76. The highest BCUT2D eigenvalue weighted by Gasteiger charge is 2.22. The van der Waals surface area contributed by atoms with Crippen LogP contribution in [-0.4, -0.2) is 31.2 Å². The van der Waals surface area contributed by atoms with Gasteiger partial charge in [-0.25, -0.2) is 0 Å². The summed E-state index contributed by atoms with van der Waals surface area (Å²) in [7, 11) is 1.67. The minimum Gasteiger partial charge on any atom is -0.496 e. The van der Waals surface area contributed by atoms with Gasteiger partial charge in [0.25, 0.3) is 0 Å². The monoisotopic (exact) mass is 221 g/mol. The van der Waals surface area contributed by atoms with Gasteiger partial charge in [0.05, 0.1) is 13.7 Å². The van der Waals surface area contributed by atoms with E-state index >= 15 is 0 Å². The van der Waals surface area contributed by atoms with Crippen molar-refractivity contribution in [2.45, 2.75) is 6.42 Å². The van der Waals surface area contributed by atoms with Gasteiger partial charge in [0.15, 0.2) is 5.84 Å². The Hall–Kier alpha value is -1.91. The Kier molecular flexibility index (Phi) is 2.85. The van der Waals surface area contributed by atoms with Crippen LogP contribution in [0.5, 0.6) is 5.75 Å². The fraction of sp³-hybridized carbons (Fsp3) is 0.364. The van der Waals surface area contributed by atoms with Gasteiger partial charge < -0.3 is 20.6 Å². The Balaban J connectivity index is 2.26. The first-order valence-electron chi connectivity index (χ1n) is 5.13. The van der Waals surface area contributed by atoms with E-state index in [1.54, 1.807) is 7.11 Å². The van der Waals surface area contributed by atoms with Crippen molar-refractivity contribution in [3.05, 3.63) is 23.8 Å². The second-order valence-corrected chi connectivity index (χ2v) is 3.72. The Labute approximate surface area is 94.1 Å². The average Bonchev–Trinajstić information content (AvgIpc) is 2.72. The number of rotatable bonds is 3. The third-order valence-corrected chi connectivity index (χ3v) is 2.78. The van der Waals surface area contributed by atoms with E-state index in [4.69, 9.17) is 15.7 Å². The summed E-state index contributed by atoms with van der Waals surface area (Å²) in [6.45, 7) is 1.31. The molecule has 0 spiro atoms. The first kappa shape index (κ1) is 10.6. The number of hydrogen-bond acceptors (Lipinski definition) is 4. The van der Waals surface area contributed by atoms with Gasteiger partial charge in [0.1, 0.15) is 5.75 Å². The number of hydrogen-bond donors (Lipinski definition) is 2. The SMILES string of the molecule is COc1cccc2c1CCN2CC(N)=NO. The second kappa shape index (κ2) is 4.30. The summed E-state index contributed by atoms with van der Waals surface area (Å²) >= 11 is 0. The van der Waals surface area contributed by atoms with Crippen molar-refractivity contribution in [2.24, 2.45) is 10.9 Å². The van der Waals surface area contributed by atoms with Gasteiger partial charge in [0.2, 0.25) is 0 Å². The number of oxime groups is 1. The van der Waals surface area contributed by atoms with Crippen molar-refractivity contribution in [3.8, 4) is 5.75 Å². The molecular formula is C11H15N3O2. The number of nitrogens with zero attached hydrogens (tertiary/aromatic N) is 2. The lowest BCUT2D eigenvalue weighted by Crippen LogP contribution is -2.32. The van der Waals surface area contributed by atoms with Crippen LogP contribution in [0.1, 0.15) is 5.56 Å². The summed E-state index contributed by atoms with van der Waals surface area (Å²) in [5.74, 6) is 1.12. The van der Waals surface area contributed by atoms with Gasteiger partial charge in [0, 0.05) is 17.8 Å². The van der Waals surface area contributed by atoms with Crippen molar-refractivity contribution in [1.82, 2.24) is 0 Å². The molecule has 0 unspecified atom stereocenters. The molecule has 0 atom stereocenters. The van der Waals surface area contributed by atoms with Crippen molar-refractivity contribution in [2.75, 3.05) is 25.1 Å². The van der Waals surface area contributed by atoms with E-state index in [2.05, 4.69) is 10.1 Å². The Bertz CT molecular complexity index is 418. The van der Waals surface area contributed by atoms with Gasteiger partial charge in [-0.15, -0.1) is 0 Å². The molecule has 0 aromatic heterocycles. The van der Waals surface area contributed by atoms with E-state index in [-0.39, 0.29) is 5.84 Å². The maximum Gasteiger partial charge on any atom is 0.158 e. The lowest BCUT2D eigenvalue weighted by molar-refractivity contribution is 0.317. The molecule has 0 saturated heterocycles. The Morgan fingerprint density at radius 2 is 2.44 bits per heavy atom. The van der Waals surface area contributed by atoms with E-state index in [0.717, 1.165) is 24.4 Å². The zero-order chi connectivity index (χ0) is 11.5. The number of ether oxygens (including phenoxy) is 1. The summed E-state index contributed by atoms with van der Waals surface area (Å²) < 4.78 is 5.30. The number of benzene rings is 1. The van der Waals surface area contributed by atoms with Crippen molar-refractivity contribution in [3.63, 3.8) is 0 Å². The van der Waals surface area contributed by atoms with Crippen molar-refractivity contribution >= 4 is 11.5 Å². The summed E-state index contributed by atoms with van der Waals surface area (Å²) in [5, 5.41) is 11.5. The summed E-state index contributed by atoms with van der Waals surface area (Å²) in [6.07, 6.45) is 0.929. The minimum absolute atomic E-state index is 0.218. The van der Waals surface area contributed by atoms with Crippen molar-refractivity contribution in [1.29, 1.82) is 0 Å². The molecule has 5 heteroatoms. The van der Waals surface area contributed by atoms with E-state index in [1.165, 1.54) is 5.56 Å². The zero-order valence-electron chi connectivity index (χ0n) is 9.18. The van der Waals surface area contributed by atoms with E-state index in [0.29, 0.717) is 6.54 Å². The number of nitrogens with two attached hydrogens (primary N) is 1. The molecule has 0 fully saturated rings. The van der Waals surface area contributed by atoms with Gasteiger partial charge in [-0.2, -0.15) is 0 Å². The predicted octanol–water partition coefficient (Wildman–Crippen LogP) is 0.804. The lowest BCUT2D eigenvalue weighted by Gasteiger charge is -2.18. The van der Waals surface area contributed by atoms with Crippen LogP contribution in [0.15, 0.2) is 23.4 Å². The highest BCUT2D eigenvalue weighted by atomic mass is 16.5. The maximum absolute atomic E-state index is 8.56. The van der Waals surface area contributed by atoms with Crippen LogP contribution in [0.25, 0.3) is 0 Å². The smallest absolute Gasteiger partial charge is 0.158 e. The topological polar surface area (TPSA) is 71.1 Å². The minimum atomic E-state index is 0.218. The molecule has 0 radical (unpaired) electrons. The van der Waals surface area contributed by atoms with Crippen molar-refractivity contribution < 1.29 is 9.94 Å². The molecule has 86 valence electrons. The summed E-state index contributed by atoms with van der Waals surface area (Å²) in [6, 6.07) is 5.92. The second-order valence-electron chi connectivity index (χ2n) is 3.72. The quantitative estimate of drug-likeness (QED) is 0.343. The van der Waals surface area contributed by atoms with Crippen LogP contribution in [0.3, 0.4) is 0 Å². The number of methoxy groups -OCH3 is 1. The van der Waals surface area contributed by atoms with Crippen LogP contribution in [-0.2, 0) is 6.42 Å². The molecule has 16 heavy (non-hydrogen) atoms. The third-order valence-electron chi connectivity index (χ3n) is 2.78. The van der Waals surface area contributed by atoms with Crippen LogP contribution in [0, 0.1) is 0 Å². The molecule has 1 aliphatic rings. The van der Waals surface area contributed by atoms with Gasteiger partial charge >= 0.3 is 0 Å². The molecule has 3 N–H and O–H groups in total. The fourth-order valence-electron chi connectivity index (χ4n) is 2.05. The zero-order valence-corrected chi connectivity index (χ0v) is 9.18. The standard InChI is InChI=1S/C11H15N3O2/c1-16-10-4-2-3-9-8(10)5-6-14(9)7-11(12)13-15/h2-4,15H,5-7H2,1H3,(H2,12,13). The molecule has 0 aliphatic carbocycles. The Morgan fingerprint density at radius 1 is 1.62 bits per heavy atom. The fourth-order valence-corrected chi connectivity index (χ4v) is 2.05. The first-order valence-corrected chi connectivity index (χ1v) is 5.13. The summed E-state index contributed by atoms with van der Waals surface area (Å²) in [5.41, 5.74) is 7.80. The molecule has 0 saturated carbocycles. The van der Waals surface area contributed by atoms with Crippen LogP contribution >= 0.6 is 0 Å². The third kappa shape index (κ3) is 1.76. The number of amidine groups is 1. The molecule has 1 heterocycles. The largest absolute Gasteiger partial charge is 0.496 e. The molecule has 1 aromatic carbocycles. The average molecular weight is 221 g/mol. The number of fused-ring (bicyclic) bond motifs is 1.